The SMILES string of the molecule is O=C(O)CCCC(O)C(Sc1cccc(NC(=O)CC(=O)O)c1)c1ccc(CCc2ccccc2)cc1.[NaH].[NaH]. The Morgan fingerprint density at radius 2 is 1.44 bits per heavy atom. The van der Waals surface area contributed by atoms with Crippen LogP contribution in [0.4, 0.5) is 5.69 Å². The molecule has 39 heavy (non-hydrogen) atoms. The number of aryl methyl sites for hydroxylation is 2. The summed E-state index contributed by atoms with van der Waals surface area (Å²) in [4.78, 5) is 34.4. The Labute approximate surface area is 277 Å². The van der Waals surface area contributed by atoms with Crippen LogP contribution in [0.15, 0.2) is 83.8 Å². The summed E-state index contributed by atoms with van der Waals surface area (Å²) < 4.78 is 0. The molecule has 7 nitrogen and oxygen atoms in total. The molecule has 3 rings (SSSR count). The average Bonchev–Trinajstić information content (AvgIpc) is 2.86. The second-order valence-corrected chi connectivity index (χ2v) is 9.98. The first-order valence-electron chi connectivity index (χ1n) is 12.1. The van der Waals surface area contributed by atoms with Crippen LogP contribution in [0.25, 0.3) is 0 Å². The number of aliphatic carboxylic acids is 2. The predicted molar refractivity (Wildman–Crippen MR) is 158 cm³/mol. The topological polar surface area (TPSA) is 124 Å². The number of hydrogen-bond donors (Lipinski definition) is 4. The van der Waals surface area contributed by atoms with Crippen molar-refractivity contribution in [2.24, 2.45) is 0 Å². The fraction of sp³-hybridized carbons (Fsp3) is 0.276. The number of thioether (sulfide) groups is 1. The summed E-state index contributed by atoms with van der Waals surface area (Å²) in [6.07, 6.45) is 1.07. The van der Waals surface area contributed by atoms with Crippen molar-refractivity contribution in [2.45, 2.75) is 54.8 Å². The number of carbonyl (C=O) groups excluding carboxylic acids is 1. The van der Waals surface area contributed by atoms with Gasteiger partial charge in [-0.1, -0.05) is 60.7 Å². The van der Waals surface area contributed by atoms with Crippen LogP contribution >= 0.6 is 11.8 Å². The Kier molecular flexibility index (Phi) is 17.0. The van der Waals surface area contributed by atoms with Crippen molar-refractivity contribution < 1.29 is 29.7 Å². The van der Waals surface area contributed by atoms with Crippen LogP contribution < -0.4 is 5.32 Å². The molecule has 0 saturated carbocycles. The number of aliphatic hydroxyl groups is 1. The number of hydrogen-bond acceptors (Lipinski definition) is 5. The molecule has 2 atom stereocenters. The maximum absolute atomic E-state index is 11.8. The molecule has 0 aliphatic carbocycles. The Bertz CT molecular complexity index is 1190. The number of amides is 1. The van der Waals surface area contributed by atoms with Gasteiger partial charge in [-0.2, -0.15) is 0 Å². The van der Waals surface area contributed by atoms with Crippen LogP contribution in [-0.2, 0) is 27.2 Å². The number of aliphatic hydroxyl groups excluding tert-OH is 1. The van der Waals surface area contributed by atoms with Gasteiger partial charge in [-0.15, -0.1) is 11.8 Å². The first-order valence-corrected chi connectivity index (χ1v) is 13.0. The Morgan fingerprint density at radius 3 is 2.05 bits per heavy atom. The third-order valence-corrected chi connectivity index (χ3v) is 7.15. The minimum absolute atomic E-state index is 0. The minimum atomic E-state index is -1.21. The Balaban J connectivity index is 0.00000380. The zero-order chi connectivity index (χ0) is 26.6. The molecule has 0 aromatic heterocycles. The average molecular weight is 570 g/mol. The summed E-state index contributed by atoms with van der Waals surface area (Å²) in [6.45, 7) is 0. The summed E-state index contributed by atoms with van der Waals surface area (Å²) in [6, 6.07) is 25.4. The Morgan fingerprint density at radius 1 is 0.795 bits per heavy atom. The number of benzene rings is 3. The van der Waals surface area contributed by atoms with Gasteiger partial charge in [0, 0.05) is 17.0 Å². The molecule has 0 heterocycles. The van der Waals surface area contributed by atoms with Gasteiger partial charge in [-0.25, -0.2) is 0 Å². The van der Waals surface area contributed by atoms with E-state index >= 15 is 0 Å². The summed E-state index contributed by atoms with van der Waals surface area (Å²) in [5, 5.41) is 31.0. The zero-order valence-electron chi connectivity index (χ0n) is 20.4. The van der Waals surface area contributed by atoms with Crippen LogP contribution in [-0.4, -0.2) is 98.4 Å². The van der Waals surface area contributed by atoms with Gasteiger partial charge in [0.05, 0.1) is 11.4 Å². The molecule has 3 aromatic carbocycles. The fourth-order valence-electron chi connectivity index (χ4n) is 3.93. The molecule has 4 N–H and O–H groups in total. The predicted octanol–water partition coefficient (Wildman–Crippen LogP) is 4.04. The van der Waals surface area contributed by atoms with Crippen LogP contribution in [0.1, 0.15) is 47.6 Å². The monoisotopic (exact) mass is 569 g/mol. The molecule has 10 heteroatoms. The third-order valence-electron chi connectivity index (χ3n) is 5.79. The molecule has 1 amide bonds. The van der Waals surface area contributed by atoms with E-state index in [1.807, 2.05) is 36.4 Å². The summed E-state index contributed by atoms with van der Waals surface area (Å²) in [5.41, 5.74) is 3.83. The van der Waals surface area contributed by atoms with Crippen molar-refractivity contribution in [3.05, 3.63) is 95.6 Å². The van der Waals surface area contributed by atoms with Crippen molar-refractivity contribution in [3.63, 3.8) is 0 Å². The molecule has 0 spiro atoms. The number of carbonyl (C=O) groups is 3. The molecule has 0 fully saturated rings. The second-order valence-electron chi connectivity index (χ2n) is 8.77. The van der Waals surface area contributed by atoms with Gasteiger partial charge in [0.1, 0.15) is 6.42 Å². The molecular formula is C29H33NNa2O6S. The third kappa shape index (κ3) is 13.1. The van der Waals surface area contributed by atoms with Gasteiger partial charge >= 0.3 is 71.1 Å². The van der Waals surface area contributed by atoms with Crippen molar-refractivity contribution in [1.82, 2.24) is 0 Å². The number of nitrogens with one attached hydrogen (secondary N) is 1. The first kappa shape index (κ1) is 35.4. The molecule has 198 valence electrons. The fourth-order valence-corrected chi connectivity index (χ4v) is 5.16. The molecule has 0 aliphatic rings. The van der Waals surface area contributed by atoms with Crippen LogP contribution in [0.2, 0.25) is 0 Å². The molecular weight excluding hydrogens is 536 g/mol. The van der Waals surface area contributed by atoms with E-state index in [4.69, 9.17) is 10.2 Å². The summed E-state index contributed by atoms with van der Waals surface area (Å²) >= 11 is 1.41. The van der Waals surface area contributed by atoms with Gasteiger partial charge < -0.3 is 20.6 Å². The van der Waals surface area contributed by atoms with Crippen molar-refractivity contribution >= 4 is 94.4 Å². The van der Waals surface area contributed by atoms with E-state index in [9.17, 15) is 19.5 Å². The van der Waals surface area contributed by atoms with Crippen LogP contribution in [0, 0.1) is 0 Å². The second kappa shape index (κ2) is 18.7. The number of carboxylic acid groups (broad SMARTS) is 2. The van der Waals surface area contributed by atoms with Crippen molar-refractivity contribution in [3.8, 4) is 0 Å². The standard InChI is InChI=1S/C29H31NO6S.2Na.2H/c31-25(10-5-11-27(33)34)29(37-24-9-4-8-23(18-24)30-26(32)19-28(35)36)22-16-14-21(15-17-22)13-12-20-6-2-1-3-7-20;;;;/h1-4,6-9,14-18,25,29,31H,5,10-13,19H2,(H,30,32)(H,33,34)(H,35,36);;;;. The molecule has 3 aromatic rings. The van der Waals surface area contributed by atoms with E-state index in [1.54, 1.807) is 18.2 Å². The van der Waals surface area contributed by atoms with E-state index in [0.29, 0.717) is 18.5 Å². The van der Waals surface area contributed by atoms with Crippen LogP contribution in [0.3, 0.4) is 0 Å². The number of anilines is 1. The molecule has 0 radical (unpaired) electrons. The quantitative estimate of drug-likeness (QED) is 0.131. The normalized spacial score (nSPS) is 11.8. The number of carboxylic acids is 2. The van der Waals surface area contributed by atoms with Crippen molar-refractivity contribution in [1.29, 1.82) is 0 Å². The molecule has 0 saturated heterocycles. The first-order chi connectivity index (χ1) is 17.8. The maximum atomic E-state index is 11.8. The summed E-state index contributed by atoms with van der Waals surface area (Å²) in [5.74, 6) is -2.73. The van der Waals surface area contributed by atoms with Gasteiger partial charge in [0.15, 0.2) is 0 Å². The van der Waals surface area contributed by atoms with E-state index in [2.05, 4.69) is 29.6 Å². The van der Waals surface area contributed by atoms with Gasteiger partial charge in [-0.3, -0.25) is 14.4 Å². The Hall–Kier alpha value is -1.62. The molecule has 2 unspecified atom stereocenters. The zero-order valence-corrected chi connectivity index (χ0v) is 21.2. The van der Waals surface area contributed by atoms with E-state index in [0.717, 1.165) is 23.3 Å². The van der Waals surface area contributed by atoms with Crippen molar-refractivity contribution in [2.75, 3.05) is 5.32 Å². The van der Waals surface area contributed by atoms with Gasteiger partial charge in [0.2, 0.25) is 5.91 Å². The number of rotatable bonds is 14. The van der Waals surface area contributed by atoms with Gasteiger partial charge in [0.25, 0.3) is 0 Å². The van der Waals surface area contributed by atoms with Crippen LogP contribution in [0.5, 0.6) is 0 Å². The molecule has 0 aliphatic heterocycles. The molecule has 0 bridgehead atoms. The summed E-state index contributed by atoms with van der Waals surface area (Å²) in [7, 11) is 0. The van der Waals surface area contributed by atoms with Gasteiger partial charge in [-0.05, 0) is 60.6 Å². The van der Waals surface area contributed by atoms with E-state index < -0.39 is 30.4 Å². The van der Waals surface area contributed by atoms with E-state index in [1.165, 1.54) is 22.9 Å². The van der Waals surface area contributed by atoms with E-state index in [-0.39, 0.29) is 70.8 Å².